The lowest BCUT2D eigenvalue weighted by Crippen LogP contribution is -2.36. The molecule has 1 fully saturated rings. The third kappa shape index (κ3) is 4.45. The Balaban J connectivity index is 1.76. The van der Waals surface area contributed by atoms with Gasteiger partial charge in [-0.15, -0.1) is 0 Å². The Morgan fingerprint density at radius 2 is 2.25 bits per heavy atom. The largest absolute Gasteiger partial charge is 0.444 e. The summed E-state index contributed by atoms with van der Waals surface area (Å²) in [4.78, 5) is 21.7. The van der Waals surface area contributed by atoms with Crippen molar-refractivity contribution in [2.75, 3.05) is 13.1 Å². The second kappa shape index (κ2) is 6.17. The van der Waals surface area contributed by atoms with E-state index in [2.05, 4.69) is 9.97 Å². The van der Waals surface area contributed by atoms with Crippen molar-refractivity contribution < 1.29 is 14.3 Å². The van der Waals surface area contributed by atoms with Gasteiger partial charge in [0.25, 0.3) is 0 Å². The Kier molecular flexibility index (Phi) is 4.54. The summed E-state index contributed by atoms with van der Waals surface area (Å²) in [6, 6.07) is 0. The molecule has 0 N–H and O–H groups in total. The Labute approximate surface area is 119 Å². The third-order valence-corrected chi connectivity index (χ3v) is 2.88. The summed E-state index contributed by atoms with van der Waals surface area (Å²) in [6.07, 6.45) is 5.52. The number of hydrogen-bond acceptors (Lipinski definition) is 5. The van der Waals surface area contributed by atoms with Crippen LogP contribution in [0.5, 0.6) is 0 Å². The first-order chi connectivity index (χ1) is 9.44. The fourth-order valence-corrected chi connectivity index (χ4v) is 1.96. The zero-order valence-corrected chi connectivity index (χ0v) is 12.2. The van der Waals surface area contributed by atoms with Crippen LogP contribution < -0.4 is 0 Å². The van der Waals surface area contributed by atoms with Gasteiger partial charge in [-0.25, -0.2) is 4.79 Å². The van der Waals surface area contributed by atoms with Gasteiger partial charge >= 0.3 is 6.09 Å². The fraction of sp³-hybridized carbons (Fsp3) is 0.643. The van der Waals surface area contributed by atoms with Crippen molar-refractivity contribution in [2.45, 2.75) is 45.5 Å². The zero-order chi connectivity index (χ0) is 14.6. The van der Waals surface area contributed by atoms with Gasteiger partial charge in [0.2, 0.25) is 0 Å². The molecule has 6 heteroatoms. The molecule has 20 heavy (non-hydrogen) atoms. The van der Waals surface area contributed by atoms with Crippen molar-refractivity contribution in [1.29, 1.82) is 0 Å². The van der Waals surface area contributed by atoms with Gasteiger partial charge in [-0.3, -0.25) is 9.97 Å². The molecule has 0 saturated carbocycles. The standard InChI is InChI=1S/C14H21N3O3/c1-14(2,3)20-13(18)17-7-4-12(9-17)19-10-11-8-15-5-6-16-11/h5-6,8,12H,4,7,9-10H2,1-3H3/t12-/m0/s1. The van der Waals surface area contributed by atoms with Gasteiger partial charge in [-0.1, -0.05) is 0 Å². The van der Waals surface area contributed by atoms with Crippen LogP contribution in [0.1, 0.15) is 32.9 Å². The van der Waals surface area contributed by atoms with E-state index in [1.54, 1.807) is 23.5 Å². The van der Waals surface area contributed by atoms with Crippen molar-refractivity contribution in [3.63, 3.8) is 0 Å². The average molecular weight is 279 g/mol. The van der Waals surface area contributed by atoms with Crippen molar-refractivity contribution in [3.8, 4) is 0 Å². The quantitative estimate of drug-likeness (QED) is 0.846. The van der Waals surface area contributed by atoms with Gasteiger partial charge in [0.1, 0.15) is 5.60 Å². The molecule has 1 aliphatic heterocycles. The molecule has 1 atom stereocenters. The van der Waals surface area contributed by atoms with E-state index in [9.17, 15) is 4.79 Å². The predicted octanol–water partition coefficient (Wildman–Crippen LogP) is 2.00. The van der Waals surface area contributed by atoms with Crippen molar-refractivity contribution in [2.24, 2.45) is 0 Å². The Morgan fingerprint density at radius 3 is 2.90 bits per heavy atom. The molecule has 6 nitrogen and oxygen atoms in total. The zero-order valence-electron chi connectivity index (χ0n) is 12.2. The highest BCUT2D eigenvalue weighted by Gasteiger charge is 2.30. The van der Waals surface area contributed by atoms with E-state index >= 15 is 0 Å². The van der Waals surface area contributed by atoms with Crippen molar-refractivity contribution >= 4 is 6.09 Å². The van der Waals surface area contributed by atoms with Gasteiger partial charge in [0, 0.05) is 18.9 Å². The maximum Gasteiger partial charge on any atom is 0.410 e. The van der Waals surface area contributed by atoms with Gasteiger partial charge in [0.15, 0.2) is 0 Å². The van der Waals surface area contributed by atoms with E-state index in [1.165, 1.54) is 0 Å². The molecule has 1 aromatic rings. The Morgan fingerprint density at radius 1 is 1.45 bits per heavy atom. The van der Waals surface area contributed by atoms with Crippen LogP contribution in [0, 0.1) is 0 Å². The number of aromatic nitrogens is 2. The van der Waals surface area contributed by atoms with Gasteiger partial charge in [-0.2, -0.15) is 0 Å². The normalized spacial score (nSPS) is 19.1. The maximum atomic E-state index is 11.9. The third-order valence-electron chi connectivity index (χ3n) is 2.88. The second-order valence-corrected chi connectivity index (χ2v) is 5.84. The molecule has 0 aliphatic carbocycles. The van der Waals surface area contributed by atoms with Crippen LogP contribution in [-0.2, 0) is 16.1 Å². The number of amides is 1. The summed E-state index contributed by atoms with van der Waals surface area (Å²) >= 11 is 0. The van der Waals surface area contributed by atoms with Crippen molar-refractivity contribution in [3.05, 3.63) is 24.3 Å². The van der Waals surface area contributed by atoms with E-state index in [1.807, 2.05) is 20.8 Å². The summed E-state index contributed by atoms with van der Waals surface area (Å²) in [5, 5.41) is 0. The smallest absolute Gasteiger partial charge is 0.410 e. The molecular weight excluding hydrogens is 258 g/mol. The Bertz CT molecular complexity index is 445. The fourth-order valence-electron chi connectivity index (χ4n) is 1.96. The summed E-state index contributed by atoms with van der Waals surface area (Å²) < 4.78 is 11.1. The number of carbonyl (C=O) groups is 1. The van der Waals surface area contributed by atoms with E-state index in [-0.39, 0.29) is 12.2 Å². The van der Waals surface area contributed by atoms with Crippen molar-refractivity contribution in [1.82, 2.24) is 14.9 Å². The lowest BCUT2D eigenvalue weighted by atomic mass is 10.2. The van der Waals surface area contributed by atoms with Crippen LogP contribution in [0.15, 0.2) is 18.6 Å². The molecule has 0 aromatic carbocycles. The summed E-state index contributed by atoms with van der Waals surface area (Å²) in [5.41, 5.74) is 0.332. The molecule has 0 spiro atoms. The first kappa shape index (κ1) is 14.7. The van der Waals surface area contributed by atoms with Crippen LogP contribution in [-0.4, -0.2) is 45.8 Å². The highest BCUT2D eigenvalue weighted by atomic mass is 16.6. The highest BCUT2D eigenvalue weighted by Crippen LogP contribution is 2.17. The minimum Gasteiger partial charge on any atom is -0.444 e. The molecule has 1 aromatic heterocycles. The number of ether oxygens (including phenoxy) is 2. The number of likely N-dealkylation sites (tertiary alicyclic amines) is 1. The van der Waals surface area contributed by atoms with Gasteiger partial charge in [0.05, 0.1) is 31.1 Å². The SMILES string of the molecule is CC(C)(C)OC(=O)N1CC[C@H](OCc2cnccn2)C1. The maximum absolute atomic E-state index is 11.9. The van der Waals surface area contributed by atoms with Crippen LogP contribution in [0.25, 0.3) is 0 Å². The minimum atomic E-state index is -0.463. The molecule has 1 saturated heterocycles. The summed E-state index contributed by atoms with van der Waals surface area (Å²) in [5.74, 6) is 0. The number of rotatable bonds is 3. The van der Waals surface area contributed by atoms with E-state index in [0.29, 0.717) is 19.7 Å². The number of hydrogen-bond donors (Lipinski definition) is 0. The lowest BCUT2D eigenvalue weighted by Gasteiger charge is -2.24. The number of carbonyl (C=O) groups excluding carboxylic acids is 1. The van der Waals surface area contributed by atoms with Crippen LogP contribution in [0.3, 0.4) is 0 Å². The molecule has 0 unspecified atom stereocenters. The topological polar surface area (TPSA) is 64.5 Å². The summed E-state index contributed by atoms with van der Waals surface area (Å²) in [7, 11) is 0. The predicted molar refractivity (Wildman–Crippen MR) is 73.0 cm³/mol. The Hall–Kier alpha value is -1.69. The van der Waals surface area contributed by atoms with Crippen LogP contribution in [0.4, 0.5) is 4.79 Å². The highest BCUT2D eigenvalue weighted by molar-refractivity contribution is 5.68. The molecule has 2 heterocycles. The summed E-state index contributed by atoms with van der Waals surface area (Å²) in [6.45, 7) is 7.24. The lowest BCUT2D eigenvalue weighted by molar-refractivity contribution is 0.0179. The minimum absolute atomic E-state index is 0.0320. The molecule has 0 radical (unpaired) electrons. The molecule has 0 bridgehead atoms. The number of nitrogens with zero attached hydrogens (tertiary/aromatic N) is 3. The van der Waals surface area contributed by atoms with Gasteiger partial charge < -0.3 is 14.4 Å². The van der Waals surface area contributed by atoms with Crippen LogP contribution in [0.2, 0.25) is 0 Å². The van der Waals surface area contributed by atoms with E-state index in [4.69, 9.17) is 9.47 Å². The second-order valence-electron chi connectivity index (χ2n) is 5.84. The first-order valence-electron chi connectivity index (χ1n) is 6.78. The van der Waals surface area contributed by atoms with Crippen LogP contribution >= 0.6 is 0 Å². The van der Waals surface area contributed by atoms with E-state index in [0.717, 1.165) is 12.1 Å². The first-order valence-corrected chi connectivity index (χ1v) is 6.78. The van der Waals surface area contributed by atoms with Gasteiger partial charge in [-0.05, 0) is 27.2 Å². The molecule has 110 valence electrons. The molecule has 1 amide bonds. The van der Waals surface area contributed by atoms with E-state index < -0.39 is 5.60 Å². The molecule has 1 aliphatic rings. The molecular formula is C14H21N3O3. The monoisotopic (exact) mass is 279 g/mol. The molecule has 2 rings (SSSR count). The average Bonchev–Trinajstić information content (AvgIpc) is 2.84.